The van der Waals surface area contributed by atoms with Crippen LogP contribution in [0.5, 0.6) is 0 Å². The summed E-state index contributed by atoms with van der Waals surface area (Å²) in [5, 5.41) is 2.86. The molecule has 5 nitrogen and oxygen atoms in total. The predicted octanol–water partition coefficient (Wildman–Crippen LogP) is 1.56. The van der Waals surface area contributed by atoms with Crippen molar-refractivity contribution in [3.63, 3.8) is 0 Å². The van der Waals surface area contributed by atoms with Gasteiger partial charge >= 0.3 is 0 Å². The first-order valence-electron chi connectivity index (χ1n) is 7.42. The lowest BCUT2D eigenvalue weighted by Gasteiger charge is -2.13. The molecule has 1 aromatic carbocycles. The van der Waals surface area contributed by atoms with E-state index in [1.54, 1.807) is 18.2 Å². The fourth-order valence-corrected chi connectivity index (χ4v) is 2.25. The van der Waals surface area contributed by atoms with Crippen molar-refractivity contribution in [1.82, 2.24) is 5.32 Å². The van der Waals surface area contributed by atoms with E-state index in [0.29, 0.717) is 31.0 Å². The van der Waals surface area contributed by atoms with Crippen LogP contribution in [0.3, 0.4) is 0 Å². The van der Waals surface area contributed by atoms with E-state index >= 15 is 0 Å². The van der Waals surface area contributed by atoms with Gasteiger partial charge in [-0.1, -0.05) is 25.5 Å². The van der Waals surface area contributed by atoms with Crippen LogP contribution in [-0.4, -0.2) is 18.4 Å². The van der Waals surface area contributed by atoms with Crippen LogP contribution in [-0.2, 0) is 11.3 Å². The minimum absolute atomic E-state index is 0.0231. The van der Waals surface area contributed by atoms with E-state index in [9.17, 15) is 9.59 Å². The van der Waals surface area contributed by atoms with Crippen molar-refractivity contribution in [3.05, 3.63) is 35.4 Å². The number of hydrogen-bond acceptors (Lipinski definition) is 3. The lowest BCUT2D eigenvalue weighted by atomic mass is 9.96. The van der Waals surface area contributed by atoms with Gasteiger partial charge in [0, 0.05) is 18.5 Å². The molecule has 0 bridgehead atoms. The first-order chi connectivity index (χ1) is 10.1. The number of carbonyl (C=O) groups excluding carboxylic acids is 2. The molecule has 0 spiro atoms. The largest absolute Gasteiger partial charge is 0.366 e. The van der Waals surface area contributed by atoms with Crippen molar-refractivity contribution < 1.29 is 9.59 Å². The molecule has 0 aromatic heterocycles. The highest BCUT2D eigenvalue weighted by molar-refractivity contribution is 5.92. The molecule has 1 rings (SSSR count). The molecule has 1 aromatic rings. The van der Waals surface area contributed by atoms with Crippen LogP contribution in [0.2, 0.25) is 0 Å². The number of carbonyl (C=O) groups is 2. The van der Waals surface area contributed by atoms with Gasteiger partial charge in [0.25, 0.3) is 0 Å². The minimum Gasteiger partial charge on any atom is -0.366 e. The number of hydrogen-bond donors (Lipinski definition) is 3. The SMILES string of the molecule is CCC(CCN)CCC(=O)NCc1cccc(C(N)=O)c1. The van der Waals surface area contributed by atoms with Crippen molar-refractivity contribution in [1.29, 1.82) is 0 Å². The summed E-state index contributed by atoms with van der Waals surface area (Å²) in [6, 6.07) is 6.98. The van der Waals surface area contributed by atoms with E-state index in [1.807, 2.05) is 6.07 Å². The van der Waals surface area contributed by atoms with Crippen molar-refractivity contribution in [2.45, 2.75) is 39.2 Å². The van der Waals surface area contributed by atoms with Crippen LogP contribution in [0.25, 0.3) is 0 Å². The molecule has 5 N–H and O–H groups in total. The van der Waals surface area contributed by atoms with Crippen LogP contribution in [0.1, 0.15) is 48.5 Å². The number of rotatable bonds is 9. The first kappa shape index (κ1) is 17.2. The average molecular weight is 291 g/mol. The van der Waals surface area contributed by atoms with Gasteiger partial charge in [-0.25, -0.2) is 0 Å². The minimum atomic E-state index is -0.462. The molecule has 0 aliphatic heterocycles. The third-order valence-electron chi connectivity index (χ3n) is 3.63. The van der Waals surface area contributed by atoms with Gasteiger partial charge < -0.3 is 16.8 Å². The van der Waals surface area contributed by atoms with Gasteiger partial charge in [-0.05, 0) is 43.0 Å². The van der Waals surface area contributed by atoms with Crippen LogP contribution >= 0.6 is 0 Å². The molecular formula is C16H25N3O2. The van der Waals surface area contributed by atoms with Crippen molar-refractivity contribution >= 4 is 11.8 Å². The molecule has 0 aliphatic carbocycles. The predicted molar refractivity (Wildman–Crippen MR) is 83.5 cm³/mol. The number of nitrogens with two attached hydrogens (primary N) is 2. The van der Waals surface area contributed by atoms with Crippen LogP contribution < -0.4 is 16.8 Å². The summed E-state index contributed by atoms with van der Waals surface area (Å²) in [5.41, 5.74) is 12.1. The molecule has 21 heavy (non-hydrogen) atoms. The molecule has 1 atom stereocenters. The van der Waals surface area contributed by atoms with Crippen molar-refractivity contribution in [2.24, 2.45) is 17.4 Å². The average Bonchev–Trinajstić information content (AvgIpc) is 2.49. The van der Waals surface area contributed by atoms with Gasteiger partial charge in [0.1, 0.15) is 0 Å². The van der Waals surface area contributed by atoms with Gasteiger partial charge in [0.15, 0.2) is 0 Å². The molecule has 0 saturated heterocycles. The number of benzene rings is 1. The maximum Gasteiger partial charge on any atom is 0.248 e. The molecule has 0 fully saturated rings. The number of primary amides is 1. The lowest BCUT2D eigenvalue weighted by molar-refractivity contribution is -0.121. The topological polar surface area (TPSA) is 98.2 Å². The Bertz CT molecular complexity index is 474. The zero-order chi connectivity index (χ0) is 15.7. The molecule has 0 heterocycles. The van der Waals surface area contributed by atoms with E-state index in [4.69, 9.17) is 11.5 Å². The normalized spacial score (nSPS) is 11.9. The highest BCUT2D eigenvalue weighted by atomic mass is 16.1. The van der Waals surface area contributed by atoms with Gasteiger partial charge in [-0.3, -0.25) is 9.59 Å². The third-order valence-corrected chi connectivity index (χ3v) is 3.63. The Morgan fingerprint density at radius 1 is 1.29 bits per heavy atom. The number of nitrogens with one attached hydrogen (secondary N) is 1. The monoisotopic (exact) mass is 291 g/mol. The van der Waals surface area contributed by atoms with E-state index in [2.05, 4.69) is 12.2 Å². The second-order valence-corrected chi connectivity index (χ2v) is 5.23. The Kier molecular flexibility index (Phi) is 7.46. The summed E-state index contributed by atoms with van der Waals surface area (Å²) in [6.45, 7) is 3.20. The lowest BCUT2D eigenvalue weighted by Crippen LogP contribution is -2.23. The highest BCUT2D eigenvalue weighted by Crippen LogP contribution is 2.14. The Hall–Kier alpha value is -1.88. The van der Waals surface area contributed by atoms with Gasteiger partial charge in [-0.15, -0.1) is 0 Å². The zero-order valence-electron chi connectivity index (χ0n) is 12.6. The molecule has 2 amide bonds. The molecule has 0 aliphatic rings. The van der Waals surface area contributed by atoms with Crippen LogP contribution in [0, 0.1) is 5.92 Å². The van der Waals surface area contributed by atoms with E-state index in [0.717, 1.165) is 24.8 Å². The Labute approximate surface area is 126 Å². The molecule has 1 unspecified atom stereocenters. The van der Waals surface area contributed by atoms with Crippen LogP contribution in [0.4, 0.5) is 0 Å². The fourth-order valence-electron chi connectivity index (χ4n) is 2.25. The molecule has 5 heteroatoms. The summed E-state index contributed by atoms with van der Waals surface area (Å²) in [5.74, 6) is 0.0737. The Morgan fingerprint density at radius 3 is 2.67 bits per heavy atom. The maximum atomic E-state index is 11.8. The summed E-state index contributed by atoms with van der Waals surface area (Å²) < 4.78 is 0. The quantitative estimate of drug-likeness (QED) is 0.644. The van der Waals surface area contributed by atoms with Crippen molar-refractivity contribution in [3.8, 4) is 0 Å². The van der Waals surface area contributed by atoms with Crippen molar-refractivity contribution in [2.75, 3.05) is 6.54 Å². The second-order valence-electron chi connectivity index (χ2n) is 5.23. The molecule has 0 saturated carbocycles. The maximum absolute atomic E-state index is 11.8. The summed E-state index contributed by atoms with van der Waals surface area (Å²) in [7, 11) is 0. The van der Waals surface area contributed by atoms with E-state index < -0.39 is 5.91 Å². The van der Waals surface area contributed by atoms with Gasteiger partial charge in [0.05, 0.1) is 0 Å². The molecule has 0 radical (unpaired) electrons. The van der Waals surface area contributed by atoms with Crippen LogP contribution in [0.15, 0.2) is 24.3 Å². The van der Waals surface area contributed by atoms with Gasteiger partial charge in [-0.2, -0.15) is 0 Å². The standard InChI is InChI=1S/C16H25N3O2/c1-2-12(8-9-17)6-7-15(20)19-11-13-4-3-5-14(10-13)16(18)21/h3-5,10,12H,2,6-9,11,17H2,1H3,(H2,18,21)(H,19,20). The molecule has 116 valence electrons. The Balaban J connectivity index is 2.39. The Morgan fingerprint density at radius 2 is 2.05 bits per heavy atom. The van der Waals surface area contributed by atoms with E-state index in [-0.39, 0.29) is 5.91 Å². The van der Waals surface area contributed by atoms with E-state index in [1.165, 1.54) is 0 Å². The first-order valence-corrected chi connectivity index (χ1v) is 7.42. The summed E-state index contributed by atoms with van der Waals surface area (Å²) in [6.07, 6.45) is 3.38. The summed E-state index contributed by atoms with van der Waals surface area (Å²) >= 11 is 0. The third kappa shape index (κ3) is 6.40. The second kappa shape index (κ2) is 9.13. The van der Waals surface area contributed by atoms with Gasteiger partial charge in [0.2, 0.25) is 11.8 Å². The molecular weight excluding hydrogens is 266 g/mol. The number of amides is 2. The fraction of sp³-hybridized carbons (Fsp3) is 0.500. The summed E-state index contributed by atoms with van der Waals surface area (Å²) in [4.78, 5) is 22.9. The zero-order valence-corrected chi connectivity index (χ0v) is 12.6. The highest BCUT2D eigenvalue weighted by Gasteiger charge is 2.09. The smallest absolute Gasteiger partial charge is 0.248 e.